The number of rotatable bonds is 4. The monoisotopic (exact) mass is 430 g/mol. The van der Waals surface area contributed by atoms with Crippen molar-refractivity contribution >= 4 is 0 Å². The lowest BCUT2D eigenvalue weighted by molar-refractivity contribution is -0.461. The van der Waals surface area contributed by atoms with E-state index in [0.717, 1.165) is 0 Å². The highest BCUT2D eigenvalue weighted by Crippen LogP contribution is 2.50. The van der Waals surface area contributed by atoms with Crippen LogP contribution in [-0.2, 0) is 16.9 Å². The van der Waals surface area contributed by atoms with Crippen LogP contribution < -0.4 is 0 Å². The summed E-state index contributed by atoms with van der Waals surface area (Å²) in [6.07, 6.45) is -25.7. The number of furan rings is 1. The number of alkyl halides is 12. The molecule has 1 aromatic heterocycles. The van der Waals surface area contributed by atoms with Crippen LogP contribution in [0.2, 0.25) is 0 Å². The van der Waals surface area contributed by atoms with Crippen molar-refractivity contribution in [1.82, 2.24) is 0 Å². The average Bonchev–Trinajstić information content (AvgIpc) is 2.87. The first-order valence-electron chi connectivity index (χ1n) is 6.13. The Morgan fingerprint density at radius 2 is 1.11 bits per heavy atom. The number of aliphatic hydroxyl groups is 2. The first-order chi connectivity index (χ1) is 11.7. The Labute approximate surface area is 139 Å². The van der Waals surface area contributed by atoms with E-state index in [1.54, 1.807) is 0 Å². The molecule has 0 aliphatic carbocycles. The minimum atomic E-state index is -6.46. The summed E-state index contributed by atoms with van der Waals surface area (Å²) in [5.41, 5.74) is -5.59. The Morgan fingerprint density at radius 1 is 0.704 bits per heavy atom. The quantitative estimate of drug-likeness (QED) is 0.562. The molecule has 27 heavy (non-hydrogen) atoms. The summed E-state index contributed by atoms with van der Waals surface area (Å²) in [6, 6.07) is -0.0924. The number of hydrogen-bond acceptors (Lipinski definition) is 4. The van der Waals surface area contributed by atoms with Crippen LogP contribution in [-0.4, -0.2) is 40.7 Å². The molecule has 0 aliphatic rings. The number of hydrogen-bond donors (Lipinski definition) is 2. The lowest BCUT2D eigenvalue weighted by Gasteiger charge is -2.31. The fraction of sp³-hybridized carbons (Fsp3) is 0.636. The molecule has 0 radical (unpaired) electrons. The van der Waals surface area contributed by atoms with Gasteiger partial charge in [0.05, 0.1) is 0 Å². The molecule has 0 unspecified atom stereocenters. The smallest absolute Gasteiger partial charge is 0.453 e. The molecule has 16 heteroatoms. The van der Waals surface area contributed by atoms with Crippen molar-refractivity contribution < 1.29 is 72.1 Å². The fourth-order valence-electron chi connectivity index (χ4n) is 1.59. The van der Waals surface area contributed by atoms with E-state index in [9.17, 15) is 52.7 Å². The van der Waals surface area contributed by atoms with Gasteiger partial charge in [-0.25, -0.2) is 0 Å². The molecule has 1 aromatic rings. The summed E-state index contributed by atoms with van der Waals surface area (Å²) in [5, 5.41) is 17.6. The molecule has 0 amide bonds. The second-order valence-corrected chi connectivity index (χ2v) is 4.90. The molecule has 0 aromatic carbocycles. The van der Waals surface area contributed by atoms with Crippen LogP contribution >= 0.6 is 0 Å². The van der Waals surface area contributed by atoms with E-state index in [0.29, 0.717) is 0 Å². The van der Waals surface area contributed by atoms with Crippen LogP contribution in [0, 0.1) is 0 Å². The van der Waals surface area contributed by atoms with Crippen molar-refractivity contribution in [2.24, 2.45) is 0 Å². The minimum absolute atomic E-state index is 0.0882. The highest BCUT2D eigenvalue weighted by Gasteiger charge is 2.74. The second-order valence-electron chi connectivity index (χ2n) is 4.90. The standard InChI is InChI=1S/C11H6F12O4/c12-8(13,14)6(24,9(15,16)17)5-2-1-4(27-5)3-26-7(25,10(18,19)20)11(21,22)23/h1-2,24-25H,3H2. The van der Waals surface area contributed by atoms with Crippen molar-refractivity contribution in [2.75, 3.05) is 0 Å². The maximum absolute atomic E-state index is 12.6. The van der Waals surface area contributed by atoms with E-state index >= 15 is 0 Å². The Hall–Kier alpha value is -1.68. The third-order valence-electron chi connectivity index (χ3n) is 3.03. The maximum Gasteiger partial charge on any atom is 0.453 e. The van der Waals surface area contributed by atoms with Gasteiger partial charge < -0.3 is 19.4 Å². The van der Waals surface area contributed by atoms with E-state index in [2.05, 4.69) is 9.15 Å². The van der Waals surface area contributed by atoms with E-state index in [-0.39, 0.29) is 12.1 Å². The summed E-state index contributed by atoms with van der Waals surface area (Å²) >= 11 is 0. The largest absolute Gasteiger partial charge is 0.460 e. The molecular weight excluding hydrogens is 424 g/mol. The zero-order valence-electron chi connectivity index (χ0n) is 12.1. The van der Waals surface area contributed by atoms with Crippen LogP contribution in [0.1, 0.15) is 11.5 Å². The molecule has 4 nitrogen and oxygen atoms in total. The van der Waals surface area contributed by atoms with Gasteiger partial charge in [-0.05, 0) is 12.1 Å². The normalized spacial score (nSPS) is 15.3. The summed E-state index contributed by atoms with van der Waals surface area (Å²) < 4.78 is 157. The fourth-order valence-corrected chi connectivity index (χ4v) is 1.59. The van der Waals surface area contributed by atoms with Gasteiger partial charge in [0.2, 0.25) is 0 Å². The molecule has 0 spiro atoms. The molecule has 158 valence electrons. The van der Waals surface area contributed by atoms with Crippen molar-refractivity contribution in [3.05, 3.63) is 23.7 Å². The number of ether oxygens (including phenoxy) is 1. The van der Waals surface area contributed by atoms with E-state index in [1.807, 2.05) is 0 Å². The third-order valence-corrected chi connectivity index (χ3v) is 3.03. The summed E-state index contributed by atoms with van der Waals surface area (Å²) in [4.78, 5) is 0. The van der Waals surface area contributed by atoms with Gasteiger partial charge in [0, 0.05) is 0 Å². The molecule has 0 aliphatic heterocycles. The molecule has 1 heterocycles. The van der Waals surface area contributed by atoms with Gasteiger partial charge in [0.1, 0.15) is 12.4 Å². The molecule has 2 N–H and O–H groups in total. The van der Waals surface area contributed by atoms with Crippen LogP contribution in [0.5, 0.6) is 0 Å². The number of halogens is 12. The first-order valence-corrected chi connectivity index (χ1v) is 6.13. The molecule has 0 atom stereocenters. The first kappa shape index (κ1) is 23.4. The summed E-state index contributed by atoms with van der Waals surface area (Å²) in [7, 11) is 0. The Morgan fingerprint density at radius 3 is 1.44 bits per heavy atom. The minimum Gasteiger partial charge on any atom is -0.460 e. The van der Waals surface area contributed by atoms with E-state index in [1.165, 1.54) is 0 Å². The Bertz CT molecular complexity index is 622. The predicted octanol–water partition coefficient (Wildman–Crippen LogP) is 3.92. The van der Waals surface area contributed by atoms with Crippen LogP contribution in [0.25, 0.3) is 0 Å². The maximum atomic E-state index is 12.6. The highest BCUT2D eigenvalue weighted by atomic mass is 19.4. The molecule has 0 bridgehead atoms. The topological polar surface area (TPSA) is 62.8 Å². The van der Waals surface area contributed by atoms with Crippen LogP contribution in [0.4, 0.5) is 52.7 Å². The van der Waals surface area contributed by atoms with Crippen molar-refractivity contribution in [3.63, 3.8) is 0 Å². The van der Waals surface area contributed by atoms with E-state index in [4.69, 9.17) is 10.2 Å². The van der Waals surface area contributed by atoms with Crippen molar-refractivity contribution in [3.8, 4) is 0 Å². The van der Waals surface area contributed by atoms with Gasteiger partial charge in [-0.1, -0.05) is 0 Å². The van der Waals surface area contributed by atoms with Crippen molar-refractivity contribution in [2.45, 2.75) is 42.7 Å². The van der Waals surface area contributed by atoms with Gasteiger partial charge in [-0.3, -0.25) is 0 Å². The molecule has 0 saturated heterocycles. The zero-order chi connectivity index (χ0) is 21.7. The average molecular weight is 430 g/mol. The van der Waals surface area contributed by atoms with Gasteiger partial charge in [-0.2, -0.15) is 52.7 Å². The van der Waals surface area contributed by atoms with Gasteiger partial charge >= 0.3 is 36.1 Å². The zero-order valence-corrected chi connectivity index (χ0v) is 12.1. The third kappa shape index (κ3) is 3.96. The summed E-state index contributed by atoms with van der Waals surface area (Å²) in [6.45, 7) is -2.04. The van der Waals surface area contributed by atoms with Gasteiger partial charge in [-0.15, -0.1) is 0 Å². The van der Waals surface area contributed by atoms with E-state index < -0.39 is 54.2 Å². The lowest BCUT2D eigenvalue weighted by atomic mass is 10.00. The molecule has 1 rings (SSSR count). The lowest BCUT2D eigenvalue weighted by Crippen LogP contribution is -2.58. The molecular formula is C11H6F12O4. The predicted molar refractivity (Wildman–Crippen MR) is 56.6 cm³/mol. The Balaban J connectivity index is 3.21. The van der Waals surface area contributed by atoms with Gasteiger partial charge in [0.25, 0.3) is 0 Å². The Kier molecular flexibility index (Phi) is 5.57. The summed E-state index contributed by atoms with van der Waals surface area (Å²) in [5.74, 6) is -9.48. The SMILES string of the molecule is OC(OCc1ccc(C(O)(C(F)(F)F)C(F)(F)F)o1)(C(F)(F)F)C(F)(F)F. The second kappa shape index (κ2) is 6.44. The van der Waals surface area contributed by atoms with Gasteiger partial charge in [0.15, 0.2) is 5.76 Å². The van der Waals surface area contributed by atoms with Crippen molar-refractivity contribution in [1.29, 1.82) is 0 Å². The molecule has 0 saturated carbocycles. The van der Waals surface area contributed by atoms with Crippen LogP contribution in [0.15, 0.2) is 16.5 Å². The highest BCUT2D eigenvalue weighted by molar-refractivity contribution is 5.18. The van der Waals surface area contributed by atoms with Crippen LogP contribution in [0.3, 0.4) is 0 Å². The molecule has 0 fully saturated rings.